The fourth-order valence-electron chi connectivity index (χ4n) is 4.58. The molecule has 2 aromatic carbocycles. The largest absolute Gasteiger partial charge is 0.493 e. The van der Waals surface area contributed by atoms with Crippen LogP contribution in [0.5, 0.6) is 5.88 Å². The van der Waals surface area contributed by atoms with Crippen molar-refractivity contribution in [3.05, 3.63) is 75.8 Å². The summed E-state index contributed by atoms with van der Waals surface area (Å²) in [7, 11) is 0. The zero-order valence-corrected chi connectivity index (χ0v) is 18.1. The lowest BCUT2D eigenvalue weighted by Crippen LogP contribution is -2.37. The molecule has 1 aliphatic heterocycles. The van der Waals surface area contributed by atoms with Crippen LogP contribution in [0.2, 0.25) is 0 Å². The van der Waals surface area contributed by atoms with Crippen LogP contribution in [0.4, 0.5) is 0 Å². The molecule has 0 spiro atoms. The molecule has 1 N–H and O–H groups in total. The van der Waals surface area contributed by atoms with E-state index in [1.165, 1.54) is 10.8 Å². The van der Waals surface area contributed by atoms with Crippen molar-refractivity contribution in [3.63, 3.8) is 0 Å². The van der Waals surface area contributed by atoms with E-state index in [0.29, 0.717) is 19.1 Å². The van der Waals surface area contributed by atoms with Gasteiger partial charge >= 0.3 is 5.69 Å². The maximum absolute atomic E-state index is 12.7. The van der Waals surface area contributed by atoms with Gasteiger partial charge in [-0.05, 0) is 68.0 Å². The number of imidazole rings is 1. The van der Waals surface area contributed by atoms with E-state index >= 15 is 0 Å². The Kier molecular flexibility index (Phi) is 4.36. The molecule has 0 unspecified atom stereocenters. The molecule has 1 aliphatic carbocycles. The molecule has 0 bridgehead atoms. The van der Waals surface area contributed by atoms with Gasteiger partial charge in [-0.2, -0.15) is 0 Å². The molecule has 5 rings (SSSR count). The first-order chi connectivity index (χ1) is 14.8. The monoisotopic (exact) mass is 417 g/mol. The Bertz CT molecular complexity index is 1230. The van der Waals surface area contributed by atoms with Gasteiger partial charge in [-0.1, -0.05) is 30.3 Å². The number of carbonyl (C=O) groups is 1. The number of aromatic hydroxyl groups is 1. The molecule has 6 heteroatoms. The van der Waals surface area contributed by atoms with E-state index in [2.05, 4.69) is 18.2 Å². The average Bonchev–Trinajstić information content (AvgIpc) is 3.49. The van der Waals surface area contributed by atoms with Gasteiger partial charge in [0.25, 0.3) is 5.91 Å². The third-order valence-electron chi connectivity index (χ3n) is 6.73. The van der Waals surface area contributed by atoms with Gasteiger partial charge in [-0.15, -0.1) is 0 Å². The fraction of sp³-hybridized carbons (Fsp3) is 0.360. The number of amides is 1. The zero-order chi connectivity index (χ0) is 21.9. The summed E-state index contributed by atoms with van der Waals surface area (Å²) in [6.45, 7) is 6.90. The first-order valence-electron chi connectivity index (χ1n) is 10.9. The number of hydrogen-bond donors (Lipinski definition) is 1. The maximum Gasteiger partial charge on any atom is 0.331 e. The zero-order valence-electron chi connectivity index (χ0n) is 18.1. The van der Waals surface area contributed by atoms with Crippen LogP contribution in [0.1, 0.15) is 55.1 Å². The van der Waals surface area contributed by atoms with Gasteiger partial charge in [-0.25, -0.2) is 4.79 Å². The number of aromatic nitrogens is 2. The molecule has 2 heterocycles. The van der Waals surface area contributed by atoms with E-state index in [9.17, 15) is 14.7 Å². The summed E-state index contributed by atoms with van der Waals surface area (Å²) >= 11 is 0. The summed E-state index contributed by atoms with van der Waals surface area (Å²) in [6, 6.07) is 14.7. The Morgan fingerprint density at radius 2 is 1.71 bits per heavy atom. The van der Waals surface area contributed by atoms with E-state index in [1.54, 1.807) is 4.57 Å². The highest BCUT2D eigenvalue weighted by Gasteiger charge is 2.38. The lowest BCUT2D eigenvalue weighted by molar-refractivity contribution is 0.0766. The average molecular weight is 418 g/mol. The highest BCUT2D eigenvalue weighted by Crippen LogP contribution is 2.36. The minimum atomic E-state index is -0.608. The number of benzene rings is 2. The van der Waals surface area contributed by atoms with Crippen LogP contribution in [0.25, 0.3) is 11.1 Å². The highest BCUT2D eigenvalue weighted by atomic mass is 16.3. The third kappa shape index (κ3) is 3.09. The molecule has 1 amide bonds. The molecule has 1 fully saturated rings. The topological polar surface area (TPSA) is 67.5 Å². The molecular formula is C25H27N3O3. The van der Waals surface area contributed by atoms with Crippen molar-refractivity contribution in [1.29, 1.82) is 0 Å². The minimum Gasteiger partial charge on any atom is -0.493 e. The first kappa shape index (κ1) is 19.7. The molecule has 31 heavy (non-hydrogen) atoms. The molecule has 0 saturated heterocycles. The SMILES string of the molecule is CCn1c(O)cn(C(C)(C)c2ccc(-c3ccc4c(c3)CN(C3CC3)C4=O)cc2)c1=O. The lowest BCUT2D eigenvalue weighted by atomic mass is 9.91. The lowest BCUT2D eigenvalue weighted by Gasteiger charge is -2.26. The predicted octanol–water partition coefficient (Wildman–Crippen LogP) is 3.94. The molecule has 1 aromatic heterocycles. The molecule has 160 valence electrons. The molecule has 1 saturated carbocycles. The van der Waals surface area contributed by atoms with Crippen LogP contribution in [0.3, 0.4) is 0 Å². The smallest absolute Gasteiger partial charge is 0.331 e. The quantitative estimate of drug-likeness (QED) is 0.684. The Morgan fingerprint density at radius 3 is 2.32 bits per heavy atom. The van der Waals surface area contributed by atoms with Gasteiger partial charge in [0.05, 0.1) is 11.7 Å². The Balaban J connectivity index is 1.44. The third-order valence-corrected chi connectivity index (χ3v) is 6.73. The van der Waals surface area contributed by atoms with Crippen LogP contribution in [-0.2, 0) is 18.6 Å². The summed E-state index contributed by atoms with van der Waals surface area (Å²) in [4.78, 5) is 27.2. The van der Waals surface area contributed by atoms with Gasteiger partial charge in [-0.3, -0.25) is 13.9 Å². The Labute approximate surface area is 181 Å². The Morgan fingerprint density at radius 1 is 1.03 bits per heavy atom. The molecule has 3 aromatic rings. The van der Waals surface area contributed by atoms with Crippen LogP contribution >= 0.6 is 0 Å². The molecule has 6 nitrogen and oxygen atoms in total. The van der Waals surface area contributed by atoms with E-state index in [-0.39, 0.29) is 17.5 Å². The number of rotatable bonds is 5. The van der Waals surface area contributed by atoms with E-state index < -0.39 is 5.54 Å². The van der Waals surface area contributed by atoms with Crippen molar-refractivity contribution in [3.8, 4) is 17.0 Å². The van der Waals surface area contributed by atoms with Crippen LogP contribution in [-0.4, -0.2) is 31.1 Å². The summed E-state index contributed by atoms with van der Waals surface area (Å²) < 4.78 is 2.93. The van der Waals surface area contributed by atoms with Gasteiger partial charge < -0.3 is 10.0 Å². The second-order valence-corrected chi connectivity index (χ2v) is 9.06. The fourth-order valence-corrected chi connectivity index (χ4v) is 4.58. The van der Waals surface area contributed by atoms with Crippen LogP contribution < -0.4 is 5.69 Å². The van der Waals surface area contributed by atoms with Gasteiger partial charge in [0.15, 0.2) is 0 Å². The summed E-state index contributed by atoms with van der Waals surface area (Å²) in [5.41, 5.74) is 4.22. The predicted molar refractivity (Wildman–Crippen MR) is 119 cm³/mol. The molecule has 0 radical (unpaired) electrons. The number of hydrogen-bond acceptors (Lipinski definition) is 3. The van der Waals surface area contributed by atoms with Crippen molar-refractivity contribution in [2.45, 2.75) is 58.3 Å². The van der Waals surface area contributed by atoms with Crippen molar-refractivity contribution < 1.29 is 9.90 Å². The Hall–Kier alpha value is -3.28. The summed E-state index contributed by atoms with van der Waals surface area (Å²) in [6.07, 6.45) is 3.74. The maximum atomic E-state index is 12.7. The van der Waals surface area contributed by atoms with E-state index in [1.807, 2.05) is 49.9 Å². The van der Waals surface area contributed by atoms with Crippen molar-refractivity contribution in [2.24, 2.45) is 0 Å². The van der Waals surface area contributed by atoms with Crippen molar-refractivity contribution >= 4 is 5.91 Å². The van der Waals surface area contributed by atoms with Crippen LogP contribution in [0.15, 0.2) is 53.5 Å². The number of nitrogens with zero attached hydrogens (tertiary/aromatic N) is 3. The second-order valence-electron chi connectivity index (χ2n) is 9.06. The molecule has 2 aliphatic rings. The molecule has 0 atom stereocenters. The second kappa shape index (κ2) is 6.87. The highest BCUT2D eigenvalue weighted by molar-refractivity contribution is 5.99. The van der Waals surface area contributed by atoms with Crippen LogP contribution in [0, 0.1) is 0 Å². The first-order valence-corrected chi connectivity index (χ1v) is 10.9. The number of fused-ring (bicyclic) bond motifs is 1. The minimum absolute atomic E-state index is 0.0230. The summed E-state index contributed by atoms with van der Waals surface area (Å²) in [5, 5.41) is 10.1. The summed E-state index contributed by atoms with van der Waals surface area (Å²) in [5.74, 6) is 0.138. The number of carbonyl (C=O) groups excluding carboxylic acids is 1. The normalized spacial score (nSPS) is 16.1. The van der Waals surface area contributed by atoms with Gasteiger partial charge in [0.1, 0.15) is 0 Å². The van der Waals surface area contributed by atoms with E-state index in [4.69, 9.17) is 0 Å². The molecular weight excluding hydrogens is 390 g/mol. The standard InChI is InChI=1S/C25H27N3O3/c1-4-26-22(29)15-28(24(26)31)25(2,3)19-8-5-16(6-9-19)17-7-12-21-18(13-17)14-27(23(21)30)20-10-11-20/h5-9,12-13,15,20,29H,4,10-11,14H2,1-3H3. The van der Waals surface area contributed by atoms with E-state index in [0.717, 1.165) is 40.7 Å². The van der Waals surface area contributed by atoms with Gasteiger partial charge in [0.2, 0.25) is 5.88 Å². The van der Waals surface area contributed by atoms with Gasteiger partial charge in [0, 0.05) is 24.7 Å². The van der Waals surface area contributed by atoms with Crippen molar-refractivity contribution in [2.75, 3.05) is 0 Å². The van der Waals surface area contributed by atoms with Crippen molar-refractivity contribution in [1.82, 2.24) is 14.0 Å².